The van der Waals surface area contributed by atoms with Gasteiger partial charge in [-0.3, -0.25) is 14.2 Å². The first-order chi connectivity index (χ1) is 15.4. The van der Waals surface area contributed by atoms with E-state index in [-0.39, 0.29) is 41.9 Å². The number of urea groups is 1. The normalized spacial score (nSPS) is 21.8. The molecule has 3 amide bonds. The number of fused-ring (bicyclic) bond motifs is 3. The summed E-state index contributed by atoms with van der Waals surface area (Å²) in [5, 5.41) is 2.96. The van der Waals surface area contributed by atoms with Gasteiger partial charge in [0, 0.05) is 44.1 Å². The fourth-order valence-corrected chi connectivity index (χ4v) is 5.22. The molecular weight excluding hydrogens is 410 g/mol. The Bertz CT molecular complexity index is 1110. The van der Waals surface area contributed by atoms with Gasteiger partial charge in [-0.1, -0.05) is 0 Å². The molecule has 5 rings (SSSR count). The number of hydrogen-bond acceptors (Lipinski definition) is 5. The van der Waals surface area contributed by atoms with E-state index in [4.69, 9.17) is 9.40 Å². The predicted octanol–water partition coefficient (Wildman–Crippen LogP) is 1.43. The fraction of sp³-hybridized carbons (Fsp3) is 0.565. The fourth-order valence-electron chi connectivity index (χ4n) is 5.22. The topological polar surface area (TPSA) is 101 Å². The average molecular weight is 440 g/mol. The number of rotatable bonds is 3. The summed E-state index contributed by atoms with van der Waals surface area (Å²) < 4.78 is 7.07. The largest absolute Gasteiger partial charge is 0.469 e. The number of amides is 3. The minimum atomic E-state index is -0.255. The third-order valence-electron chi connectivity index (χ3n) is 6.92. The SMILES string of the molecule is CC(C)NC(=O)N1CC[C@@]2(CCn3c2nc2c(c3=O)CN(C(=O)Cc3ccco3)CC2)C1. The molecule has 0 saturated carbocycles. The van der Waals surface area contributed by atoms with Crippen molar-refractivity contribution in [2.45, 2.75) is 64.1 Å². The van der Waals surface area contributed by atoms with Gasteiger partial charge in [0.1, 0.15) is 11.6 Å². The van der Waals surface area contributed by atoms with Gasteiger partial charge in [0.25, 0.3) is 5.56 Å². The van der Waals surface area contributed by atoms with E-state index >= 15 is 0 Å². The molecule has 32 heavy (non-hydrogen) atoms. The molecule has 9 nitrogen and oxygen atoms in total. The lowest BCUT2D eigenvalue weighted by atomic mass is 9.85. The van der Waals surface area contributed by atoms with Gasteiger partial charge in [-0.2, -0.15) is 0 Å². The summed E-state index contributed by atoms with van der Waals surface area (Å²) in [5.41, 5.74) is 1.13. The summed E-state index contributed by atoms with van der Waals surface area (Å²) in [7, 11) is 0. The van der Waals surface area contributed by atoms with Crippen LogP contribution in [-0.4, -0.2) is 57.0 Å². The number of carbonyl (C=O) groups excluding carboxylic acids is 2. The molecule has 0 bridgehead atoms. The highest BCUT2D eigenvalue weighted by Crippen LogP contribution is 2.41. The van der Waals surface area contributed by atoms with Crippen LogP contribution in [0.3, 0.4) is 0 Å². The van der Waals surface area contributed by atoms with E-state index in [2.05, 4.69) is 5.32 Å². The van der Waals surface area contributed by atoms with E-state index in [0.29, 0.717) is 43.9 Å². The monoisotopic (exact) mass is 439 g/mol. The van der Waals surface area contributed by atoms with Crippen molar-refractivity contribution < 1.29 is 14.0 Å². The molecule has 0 radical (unpaired) electrons. The predicted molar refractivity (Wildman–Crippen MR) is 116 cm³/mol. The second kappa shape index (κ2) is 7.79. The number of nitrogens with zero attached hydrogens (tertiary/aromatic N) is 4. The molecule has 2 aromatic rings. The van der Waals surface area contributed by atoms with Crippen LogP contribution in [0.15, 0.2) is 27.6 Å². The van der Waals surface area contributed by atoms with Gasteiger partial charge in [0.05, 0.1) is 30.5 Å². The summed E-state index contributed by atoms with van der Waals surface area (Å²) in [4.78, 5) is 47.1. The second-order valence-corrected chi connectivity index (χ2v) is 9.44. The van der Waals surface area contributed by atoms with Crippen molar-refractivity contribution in [3.63, 3.8) is 0 Å². The molecule has 0 aliphatic carbocycles. The van der Waals surface area contributed by atoms with E-state index in [9.17, 15) is 14.4 Å². The summed E-state index contributed by atoms with van der Waals surface area (Å²) in [6.45, 7) is 6.59. The molecule has 1 atom stereocenters. The van der Waals surface area contributed by atoms with Gasteiger partial charge in [0.2, 0.25) is 5.91 Å². The highest BCUT2D eigenvalue weighted by molar-refractivity contribution is 5.78. The zero-order valence-electron chi connectivity index (χ0n) is 18.6. The number of aromatic nitrogens is 2. The highest BCUT2D eigenvalue weighted by Gasteiger charge is 2.48. The van der Waals surface area contributed by atoms with Crippen LogP contribution in [0.2, 0.25) is 0 Å². The van der Waals surface area contributed by atoms with Crippen molar-refractivity contribution in [2.24, 2.45) is 0 Å². The smallest absolute Gasteiger partial charge is 0.317 e. The Morgan fingerprint density at radius 1 is 1.22 bits per heavy atom. The summed E-state index contributed by atoms with van der Waals surface area (Å²) >= 11 is 0. The Kier molecular flexibility index (Phi) is 5.06. The van der Waals surface area contributed by atoms with Crippen LogP contribution in [0.5, 0.6) is 0 Å². The highest BCUT2D eigenvalue weighted by atomic mass is 16.3. The Morgan fingerprint density at radius 2 is 2.03 bits per heavy atom. The van der Waals surface area contributed by atoms with E-state index in [1.165, 1.54) is 0 Å². The van der Waals surface area contributed by atoms with Crippen molar-refractivity contribution in [3.8, 4) is 0 Å². The van der Waals surface area contributed by atoms with Crippen LogP contribution < -0.4 is 10.9 Å². The third-order valence-corrected chi connectivity index (χ3v) is 6.92. The number of carbonyl (C=O) groups is 2. The van der Waals surface area contributed by atoms with Crippen molar-refractivity contribution in [3.05, 3.63) is 51.6 Å². The first-order valence-electron chi connectivity index (χ1n) is 11.3. The molecule has 0 unspecified atom stereocenters. The van der Waals surface area contributed by atoms with Crippen LogP contribution in [0.1, 0.15) is 49.5 Å². The minimum absolute atomic E-state index is 0.0394. The van der Waals surface area contributed by atoms with Crippen molar-refractivity contribution in [1.82, 2.24) is 24.7 Å². The Hall–Kier alpha value is -3.10. The molecule has 1 saturated heterocycles. The van der Waals surface area contributed by atoms with Crippen LogP contribution in [0.4, 0.5) is 4.79 Å². The van der Waals surface area contributed by atoms with Crippen molar-refractivity contribution in [1.29, 1.82) is 0 Å². The molecule has 1 spiro atoms. The third kappa shape index (κ3) is 3.49. The van der Waals surface area contributed by atoms with Crippen molar-refractivity contribution in [2.75, 3.05) is 19.6 Å². The number of hydrogen-bond donors (Lipinski definition) is 1. The minimum Gasteiger partial charge on any atom is -0.469 e. The lowest BCUT2D eigenvalue weighted by Crippen LogP contribution is -2.44. The van der Waals surface area contributed by atoms with E-state index in [0.717, 1.165) is 24.4 Å². The standard InChI is InChI=1S/C23H29N5O4/c1-15(2)24-22(31)27-9-6-23(14-27)7-10-28-20(30)17-13-26(8-5-18(17)25-21(23)28)19(29)12-16-4-3-11-32-16/h3-4,11,15H,5-10,12-14H2,1-2H3,(H,24,31)/t23-/m1/s1. The molecule has 3 aliphatic heterocycles. The van der Waals surface area contributed by atoms with Crippen LogP contribution in [0, 0.1) is 0 Å². The Morgan fingerprint density at radius 3 is 2.78 bits per heavy atom. The zero-order chi connectivity index (χ0) is 22.5. The van der Waals surface area contributed by atoms with Gasteiger partial charge in [-0.25, -0.2) is 9.78 Å². The maximum atomic E-state index is 13.4. The first-order valence-corrected chi connectivity index (χ1v) is 11.3. The van der Waals surface area contributed by atoms with Gasteiger partial charge in [-0.15, -0.1) is 0 Å². The van der Waals surface area contributed by atoms with Gasteiger partial charge >= 0.3 is 6.03 Å². The second-order valence-electron chi connectivity index (χ2n) is 9.44. The summed E-state index contributed by atoms with van der Waals surface area (Å²) in [5.74, 6) is 1.39. The molecule has 5 heterocycles. The van der Waals surface area contributed by atoms with E-state index < -0.39 is 0 Å². The summed E-state index contributed by atoms with van der Waals surface area (Å²) in [6.07, 6.45) is 3.94. The summed E-state index contributed by atoms with van der Waals surface area (Å²) in [6, 6.07) is 3.58. The average Bonchev–Trinajstić information content (AvgIpc) is 3.50. The molecule has 170 valence electrons. The van der Waals surface area contributed by atoms with Gasteiger partial charge in [-0.05, 0) is 38.8 Å². The van der Waals surface area contributed by atoms with Crippen LogP contribution in [-0.2, 0) is 36.1 Å². The lowest BCUT2D eigenvalue weighted by molar-refractivity contribution is -0.131. The quantitative estimate of drug-likeness (QED) is 0.780. The Balaban J connectivity index is 1.37. The number of nitrogens with one attached hydrogen (secondary N) is 1. The molecule has 9 heteroatoms. The van der Waals surface area contributed by atoms with Crippen LogP contribution in [0.25, 0.3) is 0 Å². The molecule has 1 N–H and O–H groups in total. The van der Waals surface area contributed by atoms with E-state index in [1.54, 1.807) is 27.9 Å². The number of furan rings is 1. The molecule has 1 fully saturated rings. The molecule has 2 aromatic heterocycles. The van der Waals surface area contributed by atoms with Crippen molar-refractivity contribution >= 4 is 11.9 Å². The van der Waals surface area contributed by atoms with Gasteiger partial charge < -0.3 is 19.5 Å². The maximum Gasteiger partial charge on any atom is 0.317 e. The Labute approximate surface area is 186 Å². The zero-order valence-corrected chi connectivity index (χ0v) is 18.6. The first kappa shape index (κ1) is 20.8. The number of likely N-dealkylation sites (tertiary alicyclic amines) is 1. The molecule has 3 aliphatic rings. The maximum absolute atomic E-state index is 13.4. The molecule has 0 aromatic carbocycles. The lowest BCUT2D eigenvalue weighted by Gasteiger charge is -2.30. The molecular formula is C23H29N5O4. The van der Waals surface area contributed by atoms with Gasteiger partial charge in [0.15, 0.2) is 0 Å². The van der Waals surface area contributed by atoms with Crippen LogP contribution >= 0.6 is 0 Å². The van der Waals surface area contributed by atoms with E-state index in [1.807, 2.05) is 18.7 Å².